The van der Waals surface area contributed by atoms with Crippen LogP contribution >= 0.6 is 0 Å². The lowest BCUT2D eigenvalue weighted by molar-refractivity contribution is 0.617. The Labute approximate surface area is 184 Å². The zero-order valence-electron chi connectivity index (χ0n) is 17.2. The molecule has 3 heterocycles. The van der Waals surface area contributed by atoms with Gasteiger partial charge in [0.15, 0.2) is 0 Å². The van der Waals surface area contributed by atoms with Crippen molar-refractivity contribution in [3.05, 3.63) is 110 Å². The van der Waals surface area contributed by atoms with Gasteiger partial charge < -0.3 is 8.98 Å². The first-order valence-electron chi connectivity index (χ1n) is 10.7. The summed E-state index contributed by atoms with van der Waals surface area (Å²) in [6.07, 6.45) is 3.66. The normalized spacial score (nSPS) is 11.8. The molecule has 0 fully saturated rings. The first kappa shape index (κ1) is 17.3. The van der Waals surface area contributed by atoms with Gasteiger partial charge in [-0.25, -0.2) is 0 Å². The fraction of sp³-hybridized carbons (Fsp3) is 0. The number of para-hydroxylation sites is 1. The number of fused-ring (bicyclic) bond motifs is 7. The molecule has 0 aliphatic heterocycles. The van der Waals surface area contributed by atoms with Crippen molar-refractivity contribution in [2.24, 2.45) is 0 Å². The first-order valence-corrected chi connectivity index (χ1v) is 10.7. The Morgan fingerprint density at radius 2 is 1.50 bits per heavy atom. The Morgan fingerprint density at radius 1 is 0.656 bits per heavy atom. The van der Waals surface area contributed by atoms with E-state index >= 15 is 0 Å². The maximum atomic E-state index is 6.03. The lowest BCUT2D eigenvalue weighted by Gasteiger charge is -2.09. The highest BCUT2D eigenvalue weighted by molar-refractivity contribution is 6.27. The number of nitrogens with zero attached hydrogens (tertiary/aromatic N) is 2. The van der Waals surface area contributed by atoms with Crippen LogP contribution in [0.15, 0.2) is 114 Å². The summed E-state index contributed by atoms with van der Waals surface area (Å²) in [5, 5.41) is 6.06. The minimum absolute atomic E-state index is 0.863. The van der Waals surface area contributed by atoms with Gasteiger partial charge in [-0.2, -0.15) is 0 Å². The zero-order valence-corrected chi connectivity index (χ0v) is 17.2. The summed E-state index contributed by atoms with van der Waals surface area (Å²) in [5.74, 6) is 0. The summed E-state index contributed by atoms with van der Waals surface area (Å²) >= 11 is 0. The van der Waals surface area contributed by atoms with E-state index in [0.29, 0.717) is 0 Å². The largest absolute Gasteiger partial charge is 0.464 e. The van der Waals surface area contributed by atoms with Crippen LogP contribution in [0.4, 0.5) is 0 Å². The van der Waals surface area contributed by atoms with Gasteiger partial charge in [-0.05, 0) is 53.2 Å². The Kier molecular flexibility index (Phi) is 3.55. The molecule has 150 valence electrons. The molecular formula is C29H18N2O. The van der Waals surface area contributed by atoms with Crippen molar-refractivity contribution in [2.45, 2.75) is 0 Å². The Hall–Kier alpha value is -4.37. The quantitative estimate of drug-likeness (QED) is 0.292. The SMILES string of the molecule is c1ccc(-n2c3ccc4ccccc4c3c3ccc4occ(-c5ccccn5)c4c32)cc1. The molecule has 7 aromatic rings. The van der Waals surface area contributed by atoms with Gasteiger partial charge in [0.1, 0.15) is 11.8 Å². The predicted octanol–water partition coefficient (Wildman–Crippen LogP) is 7.75. The van der Waals surface area contributed by atoms with Crippen molar-refractivity contribution in [1.82, 2.24) is 9.55 Å². The number of furan rings is 1. The molecule has 3 heteroatoms. The van der Waals surface area contributed by atoms with Crippen LogP contribution in [-0.2, 0) is 0 Å². The molecule has 0 saturated carbocycles. The molecule has 0 atom stereocenters. The van der Waals surface area contributed by atoms with Gasteiger partial charge in [-0.15, -0.1) is 0 Å². The summed E-state index contributed by atoms with van der Waals surface area (Å²) in [5.41, 5.74) is 6.25. The number of aromatic nitrogens is 2. The van der Waals surface area contributed by atoms with Crippen molar-refractivity contribution in [2.75, 3.05) is 0 Å². The maximum absolute atomic E-state index is 6.03. The molecule has 0 bridgehead atoms. The van der Waals surface area contributed by atoms with Crippen LogP contribution in [0.1, 0.15) is 0 Å². The van der Waals surface area contributed by atoms with Crippen molar-refractivity contribution >= 4 is 43.5 Å². The van der Waals surface area contributed by atoms with E-state index in [1.54, 1.807) is 0 Å². The molecule has 4 aromatic carbocycles. The van der Waals surface area contributed by atoms with E-state index in [1.807, 2.05) is 30.7 Å². The van der Waals surface area contributed by atoms with Crippen LogP contribution in [0, 0.1) is 0 Å². The Balaban J connectivity index is 1.76. The Morgan fingerprint density at radius 3 is 2.38 bits per heavy atom. The van der Waals surface area contributed by atoms with Crippen LogP contribution in [0.5, 0.6) is 0 Å². The van der Waals surface area contributed by atoms with Crippen LogP contribution in [0.2, 0.25) is 0 Å². The number of hydrogen-bond donors (Lipinski definition) is 0. The van der Waals surface area contributed by atoms with Gasteiger partial charge in [0.05, 0.1) is 22.1 Å². The second-order valence-corrected chi connectivity index (χ2v) is 8.05. The number of rotatable bonds is 2. The lowest BCUT2D eigenvalue weighted by atomic mass is 10.0. The second kappa shape index (κ2) is 6.56. The van der Waals surface area contributed by atoms with Crippen LogP contribution in [-0.4, -0.2) is 9.55 Å². The van der Waals surface area contributed by atoms with Gasteiger partial charge >= 0.3 is 0 Å². The van der Waals surface area contributed by atoms with Gasteiger partial charge in [0, 0.05) is 28.2 Å². The highest BCUT2D eigenvalue weighted by Crippen LogP contribution is 2.43. The van der Waals surface area contributed by atoms with Crippen molar-refractivity contribution in [3.63, 3.8) is 0 Å². The summed E-state index contributed by atoms with van der Waals surface area (Å²) in [6.45, 7) is 0. The minimum Gasteiger partial charge on any atom is -0.464 e. The van der Waals surface area contributed by atoms with E-state index in [-0.39, 0.29) is 0 Å². The van der Waals surface area contributed by atoms with Crippen molar-refractivity contribution in [3.8, 4) is 16.9 Å². The molecule has 7 rings (SSSR count). The molecule has 0 spiro atoms. The topological polar surface area (TPSA) is 31.0 Å². The molecule has 0 saturated heterocycles. The standard InChI is InChI=1S/C29H18N2O/c1-2-9-20(10-3-1)31-25-15-13-19-8-4-5-11-21(19)27(25)22-14-16-26-28(29(22)31)23(18-32-26)24-12-6-7-17-30-24/h1-18H. The first-order chi connectivity index (χ1) is 15.9. The molecule has 0 amide bonds. The highest BCUT2D eigenvalue weighted by Gasteiger charge is 2.21. The summed E-state index contributed by atoms with van der Waals surface area (Å²) < 4.78 is 8.40. The molecular weight excluding hydrogens is 392 g/mol. The van der Waals surface area contributed by atoms with Crippen LogP contribution in [0.3, 0.4) is 0 Å². The van der Waals surface area contributed by atoms with Gasteiger partial charge in [-0.1, -0.05) is 54.6 Å². The second-order valence-electron chi connectivity index (χ2n) is 8.05. The van der Waals surface area contributed by atoms with Gasteiger partial charge in [-0.3, -0.25) is 4.98 Å². The van der Waals surface area contributed by atoms with E-state index in [9.17, 15) is 0 Å². The van der Waals surface area contributed by atoms with Gasteiger partial charge in [0.2, 0.25) is 0 Å². The van der Waals surface area contributed by atoms with Crippen molar-refractivity contribution in [1.29, 1.82) is 0 Å². The lowest BCUT2D eigenvalue weighted by Crippen LogP contribution is -1.94. The number of hydrogen-bond acceptors (Lipinski definition) is 2. The van der Waals surface area contributed by atoms with Crippen LogP contribution in [0.25, 0.3) is 60.5 Å². The molecule has 0 unspecified atom stereocenters. The fourth-order valence-electron chi connectivity index (χ4n) is 4.95. The summed E-state index contributed by atoms with van der Waals surface area (Å²) in [7, 11) is 0. The van der Waals surface area contributed by atoms with E-state index in [2.05, 4.69) is 88.4 Å². The molecule has 32 heavy (non-hydrogen) atoms. The van der Waals surface area contributed by atoms with Gasteiger partial charge in [0.25, 0.3) is 0 Å². The highest BCUT2D eigenvalue weighted by atomic mass is 16.3. The molecule has 3 nitrogen and oxygen atoms in total. The third-order valence-electron chi connectivity index (χ3n) is 6.31. The van der Waals surface area contributed by atoms with Crippen LogP contribution < -0.4 is 0 Å². The van der Waals surface area contributed by atoms with E-state index in [0.717, 1.165) is 33.4 Å². The Bertz CT molecular complexity index is 1760. The molecule has 0 N–H and O–H groups in total. The third kappa shape index (κ3) is 2.33. The zero-order chi connectivity index (χ0) is 21.1. The summed E-state index contributed by atoms with van der Waals surface area (Å²) in [6, 6.07) is 33.9. The minimum atomic E-state index is 0.863. The summed E-state index contributed by atoms with van der Waals surface area (Å²) in [4.78, 5) is 4.62. The fourth-order valence-corrected chi connectivity index (χ4v) is 4.95. The third-order valence-corrected chi connectivity index (χ3v) is 6.31. The monoisotopic (exact) mass is 410 g/mol. The van der Waals surface area contributed by atoms with Crippen molar-refractivity contribution < 1.29 is 4.42 Å². The average molecular weight is 410 g/mol. The maximum Gasteiger partial charge on any atom is 0.136 e. The average Bonchev–Trinajstić information content (AvgIpc) is 3.44. The molecule has 0 radical (unpaired) electrons. The van der Waals surface area contributed by atoms with E-state index < -0.39 is 0 Å². The smallest absolute Gasteiger partial charge is 0.136 e. The number of pyridine rings is 1. The molecule has 0 aliphatic rings. The molecule has 0 aliphatic carbocycles. The predicted molar refractivity (Wildman–Crippen MR) is 131 cm³/mol. The number of benzene rings is 4. The molecule has 3 aromatic heterocycles. The van der Waals surface area contributed by atoms with E-state index in [4.69, 9.17) is 4.42 Å². The van der Waals surface area contributed by atoms with E-state index in [1.165, 1.54) is 27.1 Å².